The van der Waals surface area contributed by atoms with Crippen molar-refractivity contribution in [1.82, 2.24) is 10.6 Å². The molecule has 1 aromatic rings. The maximum absolute atomic E-state index is 11.7. The van der Waals surface area contributed by atoms with Gasteiger partial charge in [-0.1, -0.05) is 12.1 Å². The fourth-order valence-corrected chi connectivity index (χ4v) is 1.89. The molecule has 1 aromatic carbocycles. The van der Waals surface area contributed by atoms with E-state index in [0.717, 1.165) is 19.5 Å². The van der Waals surface area contributed by atoms with E-state index >= 15 is 0 Å². The molecule has 0 bridgehead atoms. The van der Waals surface area contributed by atoms with Gasteiger partial charge in [-0.25, -0.2) is 0 Å². The van der Waals surface area contributed by atoms with Crippen LogP contribution in [-0.4, -0.2) is 30.6 Å². The average molecular weight is 220 g/mol. The van der Waals surface area contributed by atoms with Crippen LogP contribution in [0.4, 0.5) is 0 Å². The number of nitrogens with one attached hydrogen (secondary N) is 2. The fraction of sp³-hybridized carbons (Fsp3) is 0.417. The van der Waals surface area contributed by atoms with Gasteiger partial charge in [0.2, 0.25) is 0 Å². The predicted molar refractivity (Wildman–Crippen MR) is 61.4 cm³/mol. The van der Waals surface area contributed by atoms with Crippen LogP contribution in [0.2, 0.25) is 0 Å². The number of amides is 1. The maximum Gasteiger partial charge on any atom is 0.255 e. The highest BCUT2D eigenvalue weighted by molar-refractivity contribution is 5.96. The fourth-order valence-electron chi connectivity index (χ4n) is 1.89. The molecule has 1 aliphatic heterocycles. The van der Waals surface area contributed by atoms with Gasteiger partial charge in [0.05, 0.1) is 5.56 Å². The second kappa shape index (κ2) is 4.99. The number of rotatable bonds is 3. The van der Waals surface area contributed by atoms with Gasteiger partial charge in [0.25, 0.3) is 5.91 Å². The van der Waals surface area contributed by atoms with Crippen LogP contribution in [0.1, 0.15) is 16.8 Å². The number of phenolic OH excluding ortho intramolecular Hbond substituents is 1. The Hall–Kier alpha value is -1.55. The van der Waals surface area contributed by atoms with Crippen molar-refractivity contribution in [2.45, 2.75) is 6.42 Å². The van der Waals surface area contributed by atoms with Crippen molar-refractivity contribution in [3.05, 3.63) is 29.8 Å². The van der Waals surface area contributed by atoms with Gasteiger partial charge in [0.1, 0.15) is 5.75 Å². The molecule has 1 amide bonds. The molecule has 1 saturated heterocycles. The first-order valence-corrected chi connectivity index (χ1v) is 5.54. The lowest BCUT2D eigenvalue weighted by atomic mass is 10.1. The largest absolute Gasteiger partial charge is 0.507 e. The molecule has 2 rings (SSSR count). The minimum atomic E-state index is -0.204. The Balaban J connectivity index is 1.90. The van der Waals surface area contributed by atoms with Crippen molar-refractivity contribution < 1.29 is 9.90 Å². The molecule has 86 valence electrons. The molecule has 16 heavy (non-hydrogen) atoms. The van der Waals surface area contributed by atoms with E-state index in [1.54, 1.807) is 18.2 Å². The number of hydrogen-bond donors (Lipinski definition) is 3. The van der Waals surface area contributed by atoms with Crippen molar-refractivity contribution in [3.63, 3.8) is 0 Å². The summed E-state index contributed by atoms with van der Waals surface area (Å²) in [6.45, 7) is 2.65. The SMILES string of the molecule is O=C(NCC1CCNC1)c1ccccc1O. The lowest BCUT2D eigenvalue weighted by molar-refractivity contribution is 0.0945. The number of aromatic hydroxyl groups is 1. The first kappa shape index (κ1) is 11.0. The summed E-state index contributed by atoms with van der Waals surface area (Å²) in [6.07, 6.45) is 1.10. The highest BCUT2D eigenvalue weighted by atomic mass is 16.3. The number of carbonyl (C=O) groups is 1. The van der Waals surface area contributed by atoms with Crippen molar-refractivity contribution in [2.75, 3.05) is 19.6 Å². The number of para-hydroxylation sites is 1. The molecular weight excluding hydrogens is 204 g/mol. The average Bonchev–Trinajstić information content (AvgIpc) is 2.79. The summed E-state index contributed by atoms with van der Waals surface area (Å²) in [5.74, 6) is 0.337. The summed E-state index contributed by atoms with van der Waals surface area (Å²) in [5, 5.41) is 15.6. The molecule has 1 heterocycles. The van der Waals surface area contributed by atoms with Gasteiger partial charge in [-0.3, -0.25) is 4.79 Å². The van der Waals surface area contributed by atoms with Crippen LogP contribution in [0.5, 0.6) is 5.75 Å². The van der Waals surface area contributed by atoms with Gasteiger partial charge < -0.3 is 15.7 Å². The Kier molecular flexibility index (Phi) is 3.41. The van der Waals surface area contributed by atoms with Crippen LogP contribution in [-0.2, 0) is 0 Å². The molecule has 0 saturated carbocycles. The van der Waals surface area contributed by atoms with Crippen molar-refractivity contribution in [3.8, 4) is 5.75 Å². The summed E-state index contributed by atoms with van der Waals surface area (Å²) in [4.78, 5) is 11.7. The van der Waals surface area contributed by atoms with Gasteiger partial charge in [-0.15, -0.1) is 0 Å². The van der Waals surface area contributed by atoms with Gasteiger partial charge in [0, 0.05) is 6.54 Å². The monoisotopic (exact) mass is 220 g/mol. The Bertz CT molecular complexity index is 373. The molecule has 0 radical (unpaired) electrons. The number of carbonyl (C=O) groups excluding carboxylic acids is 1. The second-order valence-corrected chi connectivity index (χ2v) is 4.09. The molecule has 1 unspecified atom stereocenters. The van der Waals surface area contributed by atoms with Gasteiger partial charge in [-0.05, 0) is 37.6 Å². The van der Waals surface area contributed by atoms with Crippen molar-refractivity contribution in [2.24, 2.45) is 5.92 Å². The second-order valence-electron chi connectivity index (χ2n) is 4.09. The zero-order chi connectivity index (χ0) is 11.4. The van der Waals surface area contributed by atoms with Crippen LogP contribution < -0.4 is 10.6 Å². The van der Waals surface area contributed by atoms with E-state index in [4.69, 9.17) is 0 Å². The Morgan fingerprint density at radius 3 is 3.00 bits per heavy atom. The standard InChI is InChI=1S/C12H16N2O2/c15-11-4-2-1-3-10(11)12(16)14-8-9-5-6-13-7-9/h1-4,9,13,15H,5-8H2,(H,14,16). The lowest BCUT2D eigenvalue weighted by Gasteiger charge is -2.10. The summed E-state index contributed by atoms with van der Waals surface area (Å²) in [5.41, 5.74) is 0.341. The minimum absolute atomic E-state index is 0.0320. The summed E-state index contributed by atoms with van der Waals surface area (Å²) >= 11 is 0. The highest BCUT2D eigenvalue weighted by Gasteiger charge is 2.16. The summed E-state index contributed by atoms with van der Waals surface area (Å²) in [6, 6.07) is 6.59. The molecule has 1 atom stereocenters. The quantitative estimate of drug-likeness (QED) is 0.704. The van der Waals surface area contributed by atoms with E-state index in [-0.39, 0.29) is 11.7 Å². The normalized spacial score (nSPS) is 19.6. The molecule has 4 heteroatoms. The molecule has 3 N–H and O–H groups in total. The van der Waals surface area contributed by atoms with Crippen molar-refractivity contribution >= 4 is 5.91 Å². The third kappa shape index (κ3) is 2.52. The third-order valence-electron chi connectivity index (χ3n) is 2.86. The van der Waals surface area contributed by atoms with E-state index in [1.165, 1.54) is 6.07 Å². The third-order valence-corrected chi connectivity index (χ3v) is 2.86. The van der Waals surface area contributed by atoms with Crippen molar-refractivity contribution in [1.29, 1.82) is 0 Å². The Morgan fingerprint density at radius 1 is 1.50 bits per heavy atom. The zero-order valence-corrected chi connectivity index (χ0v) is 9.07. The van der Waals surface area contributed by atoms with E-state index in [9.17, 15) is 9.90 Å². The summed E-state index contributed by atoms with van der Waals surface area (Å²) < 4.78 is 0. The van der Waals surface area contributed by atoms with Gasteiger partial charge in [0.15, 0.2) is 0 Å². The smallest absolute Gasteiger partial charge is 0.255 e. The highest BCUT2D eigenvalue weighted by Crippen LogP contribution is 2.15. The molecule has 1 fully saturated rings. The molecule has 0 aliphatic carbocycles. The van der Waals surface area contributed by atoms with E-state index in [2.05, 4.69) is 10.6 Å². The van der Waals surface area contributed by atoms with E-state index in [0.29, 0.717) is 18.0 Å². The number of phenols is 1. The van der Waals surface area contributed by atoms with Crippen LogP contribution in [0, 0.1) is 5.92 Å². The van der Waals surface area contributed by atoms with Crippen LogP contribution in [0.25, 0.3) is 0 Å². The first-order valence-electron chi connectivity index (χ1n) is 5.54. The maximum atomic E-state index is 11.7. The number of hydrogen-bond acceptors (Lipinski definition) is 3. The zero-order valence-electron chi connectivity index (χ0n) is 9.07. The van der Waals surface area contributed by atoms with Gasteiger partial charge >= 0.3 is 0 Å². The Labute approximate surface area is 94.7 Å². The minimum Gasteiger partial charge on any atom is -0.507 e. The van der Waals surface area contributed by atoms with Crippen LogP contribution in [0.3, 0.4) is 0 Å². The van der Waals surface area contributed by atoms with Crippen LogP contribution in [0.15, 0.2) is 24.3 Å². The van der Waals surface area contributed by atoms with Gasteiger partial charge in [-0.2, -0.15) is 0 Å². The molecule has 0 aromatic heterocycles. The Morgan fingerprint density at radius 2 is 2.31 bits per heavy atom. The number of benzene rings is 1. The van der Waals surface area contributed by atoms with E-state index in [1.807, 2.05) is 0 Å². The predicted octanol–water partition coefficient (Wildman–Crippen LogP) is 0.731. The summed E-state index contributed by atoms with van der Waals surface area (Å²) in [7, 11) is 0. The first-order chi connectivity index (χ1) is 7.77. The molecule has 0 spiro atoms. The lowest BCUT2D eigenvalue weighted by Crippen LogP contribution is -2.30. The molecule has 1 aliphatic rings. The molecular formula is C12H16N2O2. The van der Waals surface area contributed by atoms with E-state index < -0.39 is 0 Å². The topological polar surface area (TPSA) is 61.4 Å². The molecule has 4 nitrogen and oxygen atoms in total. The van der Waals surface area contributed by atoms with Crippen LogP contribution >= 0.6 is 0 Å².